The second kappa shape index (κ2) is 28.8. The number of hydrogen-bond donors (Lipinski definition) is 0. The van der Waals surface area contributed by atoms with Gasteiger partial charge in [0.05, 0.1) is 33.4 Å². The fourth-order valence-electron chi connectivity index (χ4n) is 20.6. The minimum atomic E-state index is -0.384. The molecule has 0 radical (unpaired) electrons. The first kappa shape index (κ1) is 84.9. The molecule has 0 N–H and O–H groups in total. The quantitative estimate of drug-likeness (QED) is 0.148. The highest BCUT2D eigenvalue weighted by atomic mass is 15.2. The van der Waals surface area contributed by atoms with E-state index in [1.807, 2.05) is 0 Å². The van der Waals surface area contributed by atoms with E-state index >= 15 is 0 Å². The van der Waals surface area contributed by atoms with Crippen molar-refractivity contribution in [3.63, 3.8) is 0 Å². The summed E-state index contributed by atoms with van der Waals surface area (Å²) in [6, 6.07) is 98.9. The fraction of sp³-hybridized carbons (Fsp3) is 0.350. The molecular formula is C120H133BN4. The number of benzene rings is 13. The molecule has 636 valence electrons. The molecule has 13 aromatic carbocycles. The van der Waals surface area contributed by atoms with Gasteiger partial charge in [-0.05, 0) is 269 Å². The van der Waals surface area contributed by atoms with Gasteiger partial charge in [0, 0.05) is 72.7 Å². The summed E-state index contributed by atoms with van der Waals surface area (Å²) in [5.74, 6) is -0.146. The van der Waals surface area contributed by atoms with Crippen LogP contribution in [0.1, 0.15) is 297 Å². The maximum atomic E-state index is 2.86. The third kappa shape index (κ3) is 14.6. The molecule has 0 fully saturated rings. The average molecular weight is 1640 g/mol. The molecule has 0 atom stereocenters. The highest BCUT2D eigenvalue weighted by Gasteiger charge is 2.48. The van der Waals surface area contributed by atoms with Crippen molar-refractivity contribution in [2.75, 3.05) is 9.80 Å². The fourth-order valence-corrected chi connectivity index (χ4v) is 20.6. The summed E-state index contributed by atoms with van der Waals surface area (Å²) in [7, 11) is 0. The molecule has 0 amide bonds. The van der Waals surface area contributed by atoms with E-state index in [9.17, 15) is 0 Å². The Labute approximate surface area is 748 Å². The van der Waals surface area contributed by atoms with Crippen LogP contribution < -0.4 is 26.2 Å². The molecule has 4 heterocycles. The zero-order valence-electron chi connectivity index (χ0n) is 80.7. The Hall–Kier alpha value is -10.9. The summed E-state index contributed by atoms with van der Waals surface area (Å²) in [6.45, 7) is 71.3. The van der Waals surface area contributed by atoms with E-state index in [1.165, 1.54) is 200 Å². The maximum absolute atomic E-state index is 2.86. The summed E-state index contributed by atoms with van der Waals surface area (Å²) in [4.78, 5) is 5.71. The SMILES string of the molecule is CC(C)(C)c1ccc(-c2cc(C(C)(C)C)cc(C(C)(C)C)c2N2c3cc(-n4c5ccc(C(C)(C)C)cc5c5cc(C(C)(C)C)ccc54)ccc3B3c4ccc(-n5c6ccc(C(C)(C)C)cc6c6cc(C(C)(C)C)ccc65)cc4N(c4c(-c5ccc(C(C)(C)C)cc5)cc(C(C)(C)C)cc4C(C)(C)C)c4cc(C5c6ccccc6Cc6ccccc65)cc2c43)cc1. The third-order valence-electron chi connectivity index (χ3n) is 28.2. The topological polar surface area (TPSA) is 16.3 Å². The standard InChI is InChI=1S/C120H133BN4/c1-111(2,3)77-43-39-72(40-44-77)89-66-83(117(19,20)21)68-95(119(25,26)27)109(89)124-103-70-85(122-99-55-47-79(113(7,8)9)62-91(99)92-63-80(114(10,11)12)48-56-100(92)122)51-53-97(103)121-98-54-52-86(123-101-57-49-81(115(13,14)15)64-93(101)94-65-82(116(16,17)18)50-58-102(94)123)71-104(98)125(106-61-76(60-105(124)108(106)121)107-87-37-33-31-35-74(87)59-75-36-32-34-38-88(75)107)110-90(73-41-45-78(46-42-73)112(4,5)6)67-84(118(22,23)24)69-96(110)120(28,29)30/h31-58,60-71,107H,59H2,1-30H3. The molecule has 15 aromatic rings. The molecule has 2 aliphatic heterocycles. The molecule has 2 aromatic heterocycles. The number of hydrogen-bond acceptors (Lipinski definition) is 2. The minimum Gasteiger partial charge on any atom is -0.310 e. The van der Waals surface area contributed by atoms with E-state index in [0.29, 0.717) is 0 Å². The predicted molar refractivity (Wildman–Crippen MR) is 544 cm³/mol. The van der Waals surface area contributed by atoms with Crippen LogP contribution in [-0.2, 0) is 60.6 Å². The van der Waals surface area contributed by atoms with Gasteiger partial charge in [0.2, 0.25) is 0 Å². The first-order valence-electron chi connectivity index (χ1n) is 46.3. The number of rotatable bonds is 7. The number of anilines is 6. The van der Waals surface area contributed by atoms with Crippen molar-refractivity contribution in [1.29, 1.82) is 0 Å². The maximum Gasteiger partial charge on any atom is 0.252 e. The van der Waals surface area contributed by atoms with Gasteiger partial charge in [0.1, 0.15) is 0 Å². The van der Waals surface area contributed by atoms with Crippen molar-refractivity contribution < 1.29 is 0 Å². The third-order valence-corrected chi connectivity index (χ3v) is 28.2. The Morgan fingerprint density at radius 2 is 0.552 bits per heavy atom. The van der Waals surface area contributed by atoms with Crippen LogP contribution in [0.4, 0.5) is 34.1 Å². The monoisotopic (exact) mass is 1640 g/mol. The van der Waals surface area contributed by atoms with Gasteiger partial charge in [-0.15, -0.1) is 0 Å². The first-order chi connectivity index (χ1) is 58.3. The molecule has 125 heavy (non-hydrogen) atoms. The van der Waals surface area contributed by atoms with E-state index in [4.69, 9.17) is 0 Å². The van der Waals surface area contributed by atoms with Crippen LogP contribution in [0.2, 0.25) is 0 Å². The highest BCUT2D eigenvalue weighted by molar-refractivity contribution is 7.00. The van der Waals surface area contributed by atoms with Gasteiger partial charge in [-0.25, -0.2) is 0 Å². The van der Waals surface area contributed by atoms with E-state index in [-0.39, 0.29) is 66.8 Å². The molecule has 18 rings (SSSR count). The van der Waals surface area contributed by atoms with E-state index < -0.39 is 0 Å². The van der Waals surface area contributed by atoms with Crippen molar-refractivity contribution in [1.82, 2.24) is 9.13 Å². The number of nitrogens with zero attached hydrogens (tertiary/aromatic N) is 4. The number of aromatic nitrogens is 2. The lowest BCUT2D eigenvalue weighted by Crippen LogP contribution is -2.61. The lowest BCUT2D eigenvalue weighted by molar-refractivity contribution is 0.569. The summed E-state index contributed by atoms with van der Waals surface area (Å²) in [5.41, 5.74) is 41.0. The van der Waals surface area contributed by atoms with Crippen LogP contribution in [0.3, 0.4) is 0 Å². The molecule has 3 aliphatic rings. The van der Waals surface area contributed by atoms with E-state index in [0.717, 1.165) is 17.8 Å². The zero-order valence-corrected chi connectivity index (χ0v) is 80.7. The minimum absolute atomic E-state index is 0.0674. The lowest BCUT2D eigenvalue weighted by Gasteiger charge is -2.47. The predicted octanol–water partition coefficient (Wildman–Crippen LogP) is 31.4. The highest BCUT2D eigenvalue weighted by Crippen LogP contribution is 2.58. The van der Waals surface area contributed by atoms with Crippen LogP contribution in [0, 0.1) is 0 Å². The van der Waals surface area contributed by atoms with Crippen molar-refractivity contribution in [3.8, 4) is 33.6 Å². The van der Waals surface area contributed by atoms with Crippen LogP contribution >= 0.6 is 0 Å². The second-order valence-electron chi connectivity index (χ2n) is 47.7. The Morgan fingerprint density at radius 1 is 0.256 bits per heavy atom. The first-order valence-corrected chi connectivity index (χ1v) is 46.3. The Bertz CT molecular complexity index is 6340. The molecule has 1 aliphatic carbocycles. The van der Waals surface area contributed by atoms with Crippen LogP contribution in [-0.4, -0.2) is 15.8 Å². The molecule has 0 saturated carbocycles. The average Bonchev–Trinajstić information content (AvgIpc) is 1.15. The molecule has 5 heteroatoms. The second-order valence-corrected chi connectivity index (χ2v) is 47.7. The molecule has 0 unspecified atom stereocenters. The summed E-state index contributed by atoms with van der Waals surface area (Å²) in [5, 5.41) is 5.09. The van der Waals surface area contributed by atoms with E-state index in [2.05, 4.69) is 469 Å². The van der Waals surface area contributed by atoms with Crippen molar-refractivity contribution >= 4 is 101 Å². The van der Waals surface area contributed by atoms with Crippen LogP contribution in [0.15, 0.2) is 243 Å². The zero-order chi connectivity index (χ0) is 89.4. The lowest BCUT2D eigenvalue weighted by atomic mass is 9.33. The van der Waals surface area contributed by atoms with Gasteiger partial charge in [-0.2, -0.15) is 0 Å². The van der Waals surface area contributed by atoms with Crippen molar-refractivity contribution in [2.45, 2.75) is 274 Å². The van der Waals surface area contributed by atoms with Gasteiger partial charge in [-0.3, -0.25) is 0 Å². The normalized spacial score (nSPS) is 14.4. The Morgan fingerprint density at radius 3 is 0.848 bits per heavy atom. The molecule has 0 bridgehead atoms. The Kier molecular flexibility index (Phi) is 19.6. The van der Waals surface area contributed by atoms with Crippen molar-refractivity contribution in [3.05, 3.63) is 326 Å². The van der Waals surface area contributed by atoms with Gasteiger partial charge in [0.15, 0.2) is 0 Å². The molecular weight excluding hydrogens is 1510 g/mol. The van der Waals surface area contributed by atoms with Gasteiger partial charge < -0.3 is 18.9 Å². The number of fused-ring (bicyclic) bond motifs is 12. The van der Waals surface area contributed by atoms with Gasteiger partial charge in [0.25, 0.3) is 6.71 Å². The smallest absolute Gasteiger partial charge is 0.252 e. The van der Waals surface area contributed by atoms with Gasteiger partial charge in [-0.1, -0.05) is 353 Å². The molecule has 0 saturated heterocycles. The summed E-state index contributed by atoms with van der Waals surface area (Å²) < 4.78 is 5.23. The van der Waals surface area contributed by atoms with Crippen LogP contribution in [0.25, 0.3) is 77.2 Å². The van der Waals surface area contributed by atoms with Crippen molar-refractivity contribution in [2.24, 2.45) is 0 Å². The van der Waals surface area contributed by atoms with Gasteiger partial charge >= 0.3 is 0 Å². The summed E-state index contributed by atoms with van der Waals surface area (Å²) >= 11 is 0. The Balaban J connectivity index is 1.07. The van der Waals surface area contributed by atoms with E-state index in [1.54, 1.807) is 0 Å². The van der Waals surface area contributed by atoms with Crippen LogP contribution in [0.5, 0.6) is 0 Å². The molecule has 0 spiro atoms. The molecule has 4 nitrogen and oxygen atoms in total. The largest absolute Gasteiger partial charge is 0.310 e. The summed E-state index contributed by atoms with van der Waals surface area (Å²) in [6.07, 6.45) is 0.863.